The van der Waals surface area contributed by atoms with Crippen molar-refractivity contribution in [2.45, 2.75) is 0 Å². The Bertz CT molecular complexity index is 577. The molecule has 2 amide bonds. The molecule has 0 fully saturated rings. The Morgan fingerprint density at radius 2 is 1.90 bits per heavy atom. The van der Waals surface area contributed by atoms with Gasteiger partial charge in [0.15, 0.2) is 0 Å². The standard InChI is InChI=1S/C14H17N5O2/c1-21-12-6-3-2-5-11(12)19-14(20)18-10-9-17-13-15-7-4-8-16-13/h2-8H,9-10H2,1H3,(H,15,16,17)(H2,18,19,20). The smallest absolute Gasteiger partial charge is 0.319 e. The third kappa shape index (κ3) is 4.64. The molecule has 0 unspecified atom stereocenters. The monoisotopic (exact) mass is 287 g/mol. The summed E-state index contributed by atoms with van der Waals surface area (Å²) in [4.78, 5) is 19.8. The minimum atomic E-state index is -0.296. The number of urea groups is 1. The molecule has 0 bridgehead atoms. The predicted molar refractivity (Wildman–Crippen MR) is 80.5 cm³/mol. The number of nitrogens with zero attached hydrogens (tertiary/aromatic N) is 2. The van der Waals surface area contributed by atoms with Crippen LogP contribution >= 0.6 is 0 Å². The summed E-state index contributed by atoms with van der Waals surface area (Å²) in [6.07, 6.45) is 3.30. The zero-order valence-corrected chi connectivity index (χ0v) is 11.7. The Hall–Kier alpha value is -2.83. The SMILES string of the molecule is COc1ccccc1NC(=O)NCCNc1ncccn1. The first-order valence-electron chi connectivity index (χ1n) is 6.48. The highest BCUT2D eigenvalue weighted by molar-refractivity contribution is 5.90. The minimum absolute atomic E-state index is 0.296. The number of anilines is 2. The van der Waals surface area contributed by atoms with E-state index in [0.29, 0.717) is 30.5 Å². The number of ether oxygens (including phenoxy) is 1. The van der Waals surface area contributed by atoms with Gasteiger partial charge in [0.1, 0.15) is 5.75 Å². The Labute approximate surface area is 122 Å². The van der Waals surface area contributed by atoms with E-state index in [4.69, 9.17) is 4.74 Å². The summed E-state index contributed by atoms with van der Waals surface area (Å²) in [6, 6.07) is 8.66. The van der Waals surface area contributed by atoms with E-state index in [-0.39, 0.29) is 6.03 Å². The quantitative estimate of drug-likeness (QED) is 0.704. The molecule has 0 radical (unpaired) electrons. The summed E-state index contributed by atoms with van der Waals surface area (Å²) in [7, 11) is 1.56. The van der Waals surface area contributed by atoms with Crippen LogP contribution in [0, 0.1) is 0 Å². The highest BCUT2D eigenvalue weighted by Gasteiger charge is 2.05. The number of benzene rings is 1. The van der Waals surface area contributed by atoms with Crippen LogP contribution in [0.3, 0.4) is 0 Å². The average molecular weight is 287 g/mol. The van der Waals surface area contributed by atoms with Crippen LogP contribution in [0.1, 0.15) is 0 Å². The van der Waals surface area contributed by atoms with Crippen LogP contribution in [0.2, 0.25) is 0 Å². The fourth-order valence-electron chi connectivity index (χ4n) is 1.66. The molecular weight excluding hydrogens is 270 g/mol. The van der Waals surface area contributed by atoms with Crippen molar-refractivity contribution in [3.05, 3.63) is 42.7 Å². The summed E-state index contributed by atoms with van der Waals surface area (Å²) in [5.41, 5.74) is 0.622. The molecule has 1 aromatic heterocycles. The number of amides is 2. The van der Waals surface area contributed by atoms with Gasteiger partial charge in [0.2, 0.25) is 5.95 Å². The first-order valence-corrected chi connectivity index (χ1v) is 6.48. The van der Waals surface area contributed by atoms with Gasteiger partial charge in [-0.25, -0.2) is 14.8 Å². The average Bonchev–Trinajstić information content (AvgIpc) is 2.53. The topological polar surface area (TPSA) is 88.2 Å². The third-order valence-electron chi connectivity index (χ3n) is 2.61. The molecule has 3 N–H and O–H groups in total. The second-order valence-electron chi connectivity index (χ2n) is 4.08. The van der Waals surface area contributed by atoms with Gasteiger partial charge in [-0.3, -0.25) is 0 Å². The van der Waals surface area contributed by atoms with E-state index >= 15 is 0 Å². The second kappa shape index (κ2) is 7.68. The van der Waals surface area contributed by atoms with Crippen LogP contribution in [-0.2, 0) is 0 Å². The summed E-state index contributed by atoms with van der Waals surface area (Å²) < 4.78 is 5.16. The van der Waals surface area contributed by atoms with E-state index in [0.717, 1.165) is 0 Å². The van der Waals surface area contributed by atoms with Gasteiger partial charge in [-0.05, 0) is 18.2 Å². The molecule has 0 aliphatic heterocycles. The molecule has 0 aliphatic rings. The van der Waals surface area contributed by atoms with E-state index < -0.39 is 0 Å². The first-order chi connectivity index (χ1) is 10.3. The van der Waals surface area contributed by atoms with Crippen LogP contribution in [0.15, 0.2) is 42.7 Å². The molecule has 0 atom stereocenters. The molecule has 2 rings (SSSR count). The second-order valence-corrected chi connectivity index (χ2v) is 4.08. The van der Waals surface area contributed by atoms with Crippen molar-refractivity contribution in [2.75, 3.05) is 30.8 Å². The number of aromatic nitrogens is 2. The lowest BCUT2D eigenvalue weighted by atomic mass is 10.3. The van der Waals surface area contributed by atoms with Crippen molar-refractivity contribution < 1.29 is 9.53 Å². The number of carbonyl (C=O) groups is 1. The minimum Gasteiger partial charge on any atom is -0.495 e. The predicted octanol–water partition coefficient (Wildman–Crippen LogP) is 1.72. The first kappa shape index (κ1) is 14.6. The Morgan fingerprint density at radius 1 is 1.14 bits per heavy atom. The number of methoxy groups -OCH3 is 1. The van der Waals surface area contributed by atoms with Gasteiger partial charge < -0.3 is 20.7 Å². The fraction of sp³-hybridized carbons (Fsp3) is 0.214. The Morgan fingerprint density at radius 3 is 2.67 bits per heavy atom. The molecule has 7 heteroatoms. The molecule has 110 valence electrons. The number of carbonyl (C=O) groups excluding carboxylic acids is 1. The van der Waals surface area contributed by atoms with Crippen LogP contribution in [0.5, 0.6) is 5.75 Å². The number of para-hydroxylation sites is 2. The van der Waals surface area contributed by atoms with Gasteiger partial charge in [-0.2, -0.15) is 0 Å². The summed E-state index contributed by atoms with van der Waals surface area (Å²) in [5, 5.41) is 8.45. The van der Waals surface area contributed by atoms with Crippen LogP contribution in [0.25, 0.3) is 0 Å². The number of hydrogen-bond donors (Lipinski definition) is 3. The largest absolute Gasteiger partial charge is 0.495 e. The highest BCUT2D eigenvalue weighted by Crippen LogP contribution is 2.22. The van der Waals surface area contributed by atoms with E-state index in [1.54, 1.807) is 37.7 Å². The number of nitrogens with one attached hydrogen (secondary N) is 3. The molecule has 7 nitrogen and oxygen atoms in total. The van der Waals surface area contributed by atoms with Gasteiger partial charge in [0, 0.05) is 25.5 Å². The van der Waals surface area contributed by atoms with Crippen molar-refractivity contribution >= 4 is 17.7 Å². The Balaban J connectivity index is 1.72. The lowest BCUT2D eigenvalue weighted by Crippen LogP contribution is -2.32. The Kier molecular flexibility index (Phi) is 5.33. The maximum atomic E-state index is 11.8. The molecule has 1 heterocycles. The maximum absolute atomic E-state index is 11.8. The third-order valence-corrected chi connectivity index (χ3v) is 2.61. The van der Waals surface area contributed by atoms with Crippen molar-refractivity contribution in [2.24, 2.45) is 0 Å². The molecule has 0 saturated heterocycles. The molecular formula is C14H17N5O2. The van der Waals surface area contributed by atoms with Gasteiger partial charge in [-0.1, -0.05) is 12.1 Å². The molecule has 0 saturated carbocycles. The lowest BCUT2D eigenvalue weighted by Gasteiger charge is -2.11. The normalized spacial score (nSPS) is 9.76. The zero-order valence-electron chi connectivity index (χ0n) is 11.7. The summed E-state index contributed by atoms with van der Waals surface area (Å²) in [6.45, 7) is 0.975. The van der Waals surface area contributed by atoms with E-state index in [2.05, 4.69) is 25.9 Å². The van der Waals surface area contributed by atoms with E-state index in [1.807, 2.05) is 12.1 Å². The van der Waals surface area contributed by atoms with Gasteiger partial charge in [0.05, 0.1) is 12.8 Å². The zero-order chi connectivity index (χ0) is 14.9. The summed E-state index contributed by atoms with van der Waals surface area (Å²) in [5.74, 6) is 1.15. The van der Waals surface area contributed by atoms with Crippen molar-refractivity contribution in [3.63, 3.8) is 0 Å². The molecule has 1 aromatic carbocycles. The fourth-order valence-corrected chi connectivity index (χ4v) is 1.66. The van der Waals surface area contributed by atoms with Crippen molar-refractivity contribution in [3.8, 4) is 5.75 Å². The van der Waals surface area contributed by atoms with Gasteiger partial charge in [0.25, 0.3) is 0 Å². The van der Waals surface area contributed by atoms with Crippen LogP contribution < -0.4 is 20.7 Å². The van der Waals surface area contributed by atoms with Crippen LogP contribution in [-0.4, -0.2) is 36.2 Å². The van der Waals surface area contributed by atoms with Crippen LogP contribution in [0.4, 0.5) is 16.4 Å². The number of rotatable bonds is 6. The van der Waals surface area contributed by atoms with E-state index in [1.165, 1.54) is 0 Å². The van der Waals surface area contributed by atoms with Gasteiger partial charge >= 0.3 is 6.03 Å². The molecule has 2 aromatic rings. The lowest BCUT2D eigenvalue weighted by molar-refractivity contribution is 0.252. The van der Waals surface area contributed by atoms with Gasteiger partial charge in [-0.15, -0.1) is 0 Å². The highest BCUT2D eigenvalue weighted by atomic mass is 16.5. The molecule has 0 spiro atoms. The van der Waals surface area contributed by atoms with Crippen molar-refractivity contribution in [1.82, 2.24) is 15.3 Å². The molecule has 0 aliphatic carbocycles. The number of hydrogen-bond acceptors (Lipinski definition) is 5. The maximum Gasteiger partial charge on any atom is 0.319 e. The van der Waals surface area contributed by atoms with Crippen molar-refractivity contribution in [1.29, 1.82) is 0 Å². The van der Waals surface area contributed by atoms with E-state index in [9.17, 15) is 4.79 Å². The summed E-state index contributed by atoms with van der Waals surface area (Å²) >= 11 is 0. The molecule has 21 heavy (non-hydrogen) atoms.